The molecule has 0 radical (unpaired) electrons. The van der Waals surface area contributed by atoms with E-state index < -0.39 is 10.0 Å². The van der Waals surface area contributed by atoms with Gasteiger partial charge in [0.05, 0.1) is 11.4 Å². The van der Waals surface area contributed by atoms with Crippen molar-refractivity contribution in [3.05, 3.63) is 29.8 Å². The highest BCUT2D eigenvalue weighted by Gasteiger charge is 2.43. The summed E-state index contributed by atoms with van der Waals surface area (Å²) in [4.78, 5) is 6.66. The molecule has 3 aliphatic rings. The van der Waals surface area contributed by atoms with Gasteiger partial charge in [-0.3, -0.25) is 9.30 Å². The summed E-state index contributed by atoms with van der Waals surface area (Å²) in [6.07, 6.45) is 6.01. The largest absolute Gasteiger partial charge is 0.355 e. The Labute approximate surface area is 179 Å². The number of para-hydroxylation sites is 1. The molecular weight excluding hydrogens is 475 g/mol. The highest BCUT2D eigenvalue weighted by atomic mass is 127. The lowest BCUT2D eigenvalue weighted by Gasteiger charge is -2.38. The molecule has 1 spiro atoms. The Hall–Kier alpha value is -1.03. The number of benzene rings is 1. The molecule has 1 aliphatic carbocycles. The van der Waals surface area contributed by atoms with Crippen LogP contribution in [0.4, 0.5) is 5.69 Å². The van der Waals surface area contributed by atoms with E-state index in [2.05, 4.69) is 15.2 Å². The van der Waals surface area contributed by atoms with Gasteiger partial charge in [0, 0.05) is 33.2 Å². The molecule has 1 aromatic rings. The number of nitrogens with one attached hydrogen (secondary N) is 1. The van der Waals surface area contributed by atoms with Gasteiger partial charge in [-0.25, -0.2) is 8.42 Å². The van der Waals surface area contributed by atoms with Crippen molar-refractivity contribution >= 4 is 45.6 Å². The number of guanidine groups is 1. The summed E-state index contributed by atoms with van der Waals surface area (Å²) in [7, 11) is -1.54. The maximum absolute atomic E-state index is 12.8. The molecule has 0 aromatic heterocycles. The van der Waals surface area contributed by atoms with Gasteiger partial charge in [-0.05, 0) is 42.7 Å². The highest BCUT2D eigenvalue weighted by Crippen LogP contribution is 2.47. The van der Waals surface area contributed by atoms with E-state index >= 15 is 0 Å². The Balaban J connectivity index is 0.00000210. The first kappa shape index (κ1) is 20.7. The first-order chi connectivity index (χ1) is 12.5. The number of aliphatic imine (C=N–C) groups is 1. The zero-order chi connectivity index (χ0) is 18.2. The minimum atomic E-state index is -3.32. The Morgan fingerprint density at radius 1 is 1.22 bits per heavy atom. The van der Waals surface area contributed by atoms with Crippen molar-refractivity contribution in [2.24, 2.45) is 10.4 Å². The summed E-state index contributed by atoms with van der Waals surface area (Å²) < 4.78 is 27.1. The van der Waals surface area contributed by atoms with Crippen LogP contribution in [0.15, 0.2) is 29.3 Å². The maximum atomic E-state index is 12.8. The topological polar surface area (TPSA) is 65.0 Å². The number of likely N-dealkylation sites (tertiary alicyclic amines) is 1. The molecule has 1 N–H and O–H groups in total. The van der Waals surface area contributed by atoms with Crippen LogP contribution in [0.1, 0.15) is 31.2 Å². The quantitative estimate of drug-likeness (QED) is 0.389. The lowest BCUT2D eigenvalue weighted by Crippen LogP contribution is -2.45. The lowest BCUT2D eigenvalue weighted by atomic mass is 9.68. The molecule has 0 atom stereocenters. The van der Waals surface area contributed by atoms with Crippen LogP contribution in [0.3, 0.4) is 0 Å². The van der Waals surface area contributed by atoms with Crippen molar-refractivity contribution in [3.63, 3.8) is 0 Å². The van der Waals surface area contributed by atoms with Crippen molar-refractivity contribution in [2.75, 3.05) is 43.3 Å². The molecule has 27 heavy (non-hydrogen) atoms. The molecule has 0 bridgehead atoms. The van der Waals surface area contributed by atoms with Gasteiger partial charge in [-0.2, -0.15) is 0 Å². The van der Waals surface area contributed by atoms with Crippen molar-refractivity contribution in [1.29, 1.82) is 0 Å². The van der Waals surface area contributed by atoms with Gasteiger partial charge in [0.1, 0.15) is 0 Å². The van der Waals surface area contributed by atoms with E-state index in [0.717, 1.165) is 36.7 Å². The Morgan fingerprint density at radius 3 is 2.67 bits per heavy atom. The minimum Gasteiger partial charge on any atom is -0.355 e. The first-order valence-corrected chi connectivity index (χ1v) is 11.2. The number of anilines is 1. The second kappa shape index (κ2) is 8.14. The smallest absolute Gasteiger partial charge is 0.236 e. The van der Waals surface area contributed by atoms with Crippen LogP contribution >= 0.6 is 24.0 Å². The van der Waals surface area contributed by atoms with Gasteiger partial charge in [0.15, 0.2) is 5.96 Å². The van der Waals surface area contributed by atoms with Gasteiger partial charge < -0.3 is 10.2 Å². The van der Waals surface area contributed by atoms with Crippen molar-refractivity contribution in [1.82, 2.24) is 10.2 Å². The fraction of sp³-hybridized carbons (Fsp3) is 0.632. The van der Waals surface area contributed by atoms with E-state index in [-0.39, 0.29) is 29.7 Å². The third-order valence-corrected chi connectivity index (χ3v) is 7.96. The van der Waals surface area contributed by atoms with E-state index in [4.69, 9.17) is 0 Å². The maximum Gasteiger partial charge on any atom is 0.236 e. The molecular formula is C19H29IN4O2S. The van der Waals surface area contributed by atoms with E-state index in [9.17, 15) is 8.42 Å². The minimum absolute atomic E-state index is 0. The molecule has 6 nitrogen and oxygen atoms in total. The highest BCUT2D eigenvalue weighted by molar-refractivity contribution is 14.0. The number of nitrogens with zero attached hydrogens (tertiary/aromatic N) is 3. The fourth-order valence-corrected chi connectivity index (χ4v) is 5.96. The van der Waals surface area contributed by atoms with E-state index in [1.807, 2.05) is 24.3 Å². The van der Waals surface area contributed by atoms with Gasteiger partial charge in [-0.15, -0.1) is 24.0 Å². The van der Waals surface area contributed by atoms with Crippen LogP contribution in [0.25, 0.3) is 0 Å². The third-order valence-electron chi connectivity index (χ3n) is 6.19. The van der Waals surface area contributed by atoms with Crippen LogP contribution in [-0.4, -0.2) is 58.3 Å². The standard InChI is InChI=1S/C19H28N4O2S.HI/c1-20-18(22-13-10-19(15-22)8-4-9-19)21-11-14-26(24,25)23-12-7-16-5-2-3-6-17(16)23;/h2-3,5-6H,4,7-15H2,1H3,(H,20,21);1H. The molecule has 150 valence electrons. The molecule has 8 heteroatoms. The first-order valence-electron chi connectivity index (χ1n) is 9.57. The average molecular weight is 504 g/mol. The van der Waals surface area contributed by atoms with Gasteiger partial charge >= 0.3 is 0 Å². The number of halogens is 1. The summed E-state index contributed by atoms with van der Waals surface area (Å²) in [6.45, 7) is 3.01. The molecule has 4 rings (SSSR count). The number of fused-ring (bicyclic) bond motifs is 1. The second-order valence-corrected chi connectivity index (χ2v) is 9.78. The van der Waals surface area contributed by atoms with E-state index in [0.29, 0.717) is 18.5 Å². The molecule has 1 aromatic carbocycles. The number of hydrogen-bond donors (Lipinski definition) is 1. The van der Waals surface area contributed by atoms with Gasteiger partial charge in [-0.1, -0.05) is 24.6 Å². The molecule has 0 amide bonds. The summed E-state index contributed by atoms with van der Waals surface area (Å²) in [5.41, 5.74) is 2.45. The van der Waals surface area contributed by atoms with Gasteiger partial charge in [0.2, 0.25) is 10.0 Å². The Bertz CT molecular complexity index is 808. The lowest BCUT2D eigenvalue weighted by molar-refractivity contribution is 0.151. The average Bonchev–Trinajstić information content (AvgIpc) is 3.23. The number of sulfonamides is 1. The molecule has 2 fully saturated rings. The summed E-state index contributed by atoms with van der Waals surface area (Å²) in [5.74, 6) is 0.921. The summed E-state index contributed by atoms with van der Waals surface area (Å²) in [6, 6.07) is 7.77. The molecule has 2 aliphatic heterocycles. The van der Waals surface area contributed by atoms with Crippen molar-refractivity contribution in [3.8, 4) is 0 Å². The molecule has 1 saturated carbocycles. The molecule has 0 unspecified atom stereocenters. The SMILES string of the molecule is CN=C(NCCS(=O)(=O)N1CCc2ccccc21)N1CCC2(CCC2)C1.I. The predicted molar refractivity (Wildman–Crippen MR) is 121 cm³/mol. The van der Waals surface area contributed by atoms with Crippen molar-refractivity contribution < 1.29 is 8.42 Å². The summed E-state index contributed by atoms with van der Waals surface area (Å²) in [5, 5.41) is 3.27. The summed E-state index contributed by atoms with van der Waals surface area (Å²) >= 11 is 0. The van der Waals surface area contributed by atoms with E-state index in [1.165, 1.54) is 25.7 Å². The van der Waals surface area contributed by atoms with Crippen LogP contribution in [0.2, 0.25) is 0 Å². The normalized spacial score (nSPS) is 21.0. The van der Waals surface area contributed by atoms with Crippen LogP contribution in [0, 0.1) is 5.41 Å². The predicted octanol–water partition coefficient (Wildman–Crippen LogP) is 2.45. The van der Waals surface area contributed by atoms with Crippen LogP contribution in [-0.2, 0) is 16.4 Å². The Morgan fingerprint density at radius 2 is 2.00 bits per heavy atom. The zero-order valence-corrected chi connectivity index (χ0v) is 19.0. The van der Waals surface area contributed by atoms with Gasteiger partial charge in [0.25, 0.3) is 0 Å². The Kier molecular flexibility index (Phi) is 6.24. The van der Waals surface area contributed by atoms with Crippen LogP contribution < -0.4 is 9.62 Å². The van der Waals surface area contributed by atoms with Crippen LogP contribution in [0.5, 0.6) is 0 Å². The second-order valence-electron chi connectivity index (χ2n) is 7.77. The zero-order valence-electron chi connectivity index (χ0n) is 15.9. The third kappa shape index (κ3) is 4.06. The number of rotatable bonds is 4. The van der Waals surface area contributed by atoms with Crippen molar-refractivity contribution in [2.45, 2.75) is 32.1 Å². The monoisotopic (exact) mass is 504 g/mol. The fourth-order valence-electron chi connectivity index (χ4n) is 4.53. The van der Waals surface area contributed by atoms with E-state index in [1.54, 1.807) is 11.4 Å². The number of hydrogen-bond acceptors (Lipinski definition) is 3. The molecule has 1 saturated heterocycles. The molecule has 2 heterocycles.